The predicted octanol–water partition coefficient (Wildman–Crippen LogP) is 4.20. The molecule has 0 radical (unpaired) electrons. The van der Waals surface area contributed by atoms with Gasteiger partial charge in [-0.15, -0.1) is 0 Å². The van der Waals surface area contributed by atoms with E-state index in [1.165, 1.54) is 12.1 Å². The lowest BCUT2D eigenvalue weighted by atomic mass is 10.1. The fourth-order valence-corrected chi connectivity index (χ4v) is 3.82. The summed E-state index contributed by atoms with van der Waals surface area (Å²) in [6, 6.07) is 14.7. The smallest absolute Gasteiger partial charge is 0.125 e. The van der Waals surface area contributed by atoms with Gasteiger partial charge in [0.1, 0.15) is 19.1 Å². The Morgan fingerprint density at radius 1 is 1.24 bits per heavy atom. The molecule has 2 aromatic carbocycles. The van der Waals surface area contributed by atoms with Crippen molar-refractivity contribution in [3.63, 3.8) is 0 Å². The summed E-state index contributed by atoms with van der Waals surface area (Å²) in [6.07, 6.45) is 2.55. The Balaban J connectivity index is 1.60. The number of halogens is 1. The molecule has 0 amide bonds. The molecule has 1 aliphatic rings. The molecule has 1 atom stereocenters. The van der Waals surface area contributed by atoms with Crippen molar-refractivity contribution in [1.82, 2.24) is 9.78 Å². The minimum Gasteiger partial charge on any atom is -0.399 e. The largest absolute Gasteiger partial charge is 0.399 e. The van der Waals surface area contributed by atoms with Crippen LogP contribution in [0.2, 0.25) is 0 Å². The first kappa shape index (κ1) is 19.0. The van der Waals surface area contributed by atoms with Crippen LogP contribution >= 0.6 is 0 Å². The second-order valence-corrected chi connectivity index (χ2v) is 6.96. The van der Waals surface area contributed by atoms with E-state index in [0.29, 0.717) is 0 Å². The summed E-state index contributed by atoms with van der Waals surface area (Å²) in [6.45, 7) is 4.93. The van der Waals surface area contributed by atoms with E-state index in [4.69, 9.17) is 4.84 Å². The quantitative estimate of drug-likeness (QED) is 0.504. The number of nitrogens with one attached hydrogen (secondary N) is 1. The standard InChI is InChI=1S/C22H24FN5O/c1-4-27-21-9-8-16(15(2)26-29-3)12-20(21)25-22(27)14-19-10-11-24-28(19)18-7-5-6-17(23)13-18/h5-13,22,25H,4,14H2,1-3H3/b26-15+. The van der Waals surface area contributed by atoms with Crippen molar-refractivity contribution in [3.05, 3.63) is 71.8 Å². The highest BCUT2D eigenvalue weighted by molar-refractivity contribution is 6.00. The molecule has 2 heterocycles. The first-order valence-corrected chi connectivity index (χ1v) is 9.65. The van der Waals surface area contributed by atoms with Crippen molar-refractivity contribution in [2.24, 2.45) is 5.16 Å². The van der Waals surface area contributed by atoms with Gasteiger partial charge in [0.2, 0.25) is 0 Å². The predicted molar refractivity (Wildman–Crippen MR) is 113 cm³/mol. The van der Waals surface area contributed by atoms with E-state index in [0.717, 1.165) is 47.0 Å². The Kier molecular flexibility index (Phi) is 5.20. The van der Waals surface area contributed by atoms with Gasteiger partial charge >= 0.3 is 0 Å². The van der Waals surface area contributed by atoms with Gasteiger partial charge in [-0.2, -0.15) is 5.10 Å². The van der Waals surface area contributed by atoms with Crippen LogP contribution in [0.25, 0.3) is 5.69 Å². The van der Waals surface area contributed by atoms with Crippen molar-refractivity contribution in [1.29, 1.82) is 0 Å². The zero-order valence-electron chi connectivity index (χ0n) is 16.8. The SMILES string of the molecule is CCN1c2ccc(/C(C)=N/OC)cc2NC1Cc1ccnn1-c1cccc(F)c1. The Morgan fingerprint density at radius 3 is 2.86 bits per heavy atom. The summed E-state index contributed by atoms with van der Waals surface area (Å²) >= 11 is 0. The van der Waals surface area contributed by atoms with Gasteiger partial charge in [-0.05, 0) is 50.2 Å². The van der Waals surface area contributed by atoms with Gasteiger partial charge in [0.25, 0.3) is 0 Å². The molecule has 6 nitrogen and oxygen atoms in total. The van der Waals surface area contributed by atoms with Gasteiger partial charge in [-0.25, -0.2) is 9.07 Å². The Hall–Kier alpha value is -3.35. The van der Waals surface area contributed by atoms with E-state index in [-0.39, 0.29) is 12.0 Å². The van der Waals surface area contributed by atoms with Crippen molar-refractivity contribution >= 4 is 17.1 Å². The first-order chi connectivity index (χ1) is 14.1. The third kappa shape index (κ3) is 3.68. The molecular formula is C22H24FN5O. The number of hydrogen-bond acceptors (Lipinski definition) is 5. The fraction of sp³-hybridized carbons (Fsp3) is 0.273. The minimum absolute atomic E-state index is 0.0777. The summed E-state index contributed by atoms with van der Waals surface area (Å²) in [4.78, 5) is 7.22. The number of likely N-dealkylation sites (N-methyl/N-ethyl adjacent to an activating group) is 1. The Bertz CT molecular complexity index is 1050. The maximum absolute atomic E-state index is 13.7. The molecule has 7 heteroatoms. The van der Waals surface area contributed by atoms with Crippen LogP contribution in [-0.4, -0.2) is 35.3 Å². The van der Waals surface area contributed by atoms with E-state index in [2.05, 4.69) is 45.6 Å². The second-order valence-electron chi connectivity index (χ2n) is 6.96. The highest BCUT2D eigenvalue weighted by atomic mass is 19.1. The van der Waals surface area contributed by atoms with Gasteiger partial charge in [0.15, 0.2) is 0 Å². The third-order valence-electron chi connectivity index (χ3n) is 5.17. The lowest BCUT2D eigenvalue weighted by Gasteiger charge is -2.25. The maximum atomic E-state index is 13.7. The molecule has 0 bridgehead atoms. The normalized spacial score (nSPS) is 15.9. The van der Waals surface area contributed by atoms with E-state index in [1.807, 2.05) is 19.1 Å². The molecule has 0 aliphatic carbocycles. The van der Waals surface area contributed by atoms with Crippen LogP contribution in [0.4, 0.5) is 15.8 Å². The molecule has 150 valence electrons. The average molecular weight is 393 g/mol. The van der Waals surface area contributed by atoms with Crippen LogP contribution in [0.1, 0.15) is 25.1 Å². The second kappa shape index (κ2) is 7.95. The number of fused-ring (bicyclic) bond motifs is 1. The van der Waals surface area contributed by atoms with Crippen LogP contribution in [0.15, 0.2) is 59.9 Å². The Morgan fingerprint density at radius 2 is 2.10 bits per heavy atom. The van der Waals surface area contributed by atoms with E-state index in [9.17, 15) is 4.39 Å². The number of nitrogens with zero attached hydrogens (tertiary/aromatic N) is 4. The molecule has 0 fully saturated rings. The molecule has 4 rings (SSSR count). The number of hydrogen-bond donors (Lipinski definition) is 1. The molecule has 1 unspecified atom stereocenters. The average Bonchev–Trinajstić information content (AvgIpc) is 3.31. The number of anilines is 2. The van der Waals surface area contributed by atoms with Crippen LogP contribution in [0.3, 0.4) is 0 Å². The molecular weight excluding hydrogens is 369 g/mol. The van der Waals surface area contributed by atoms with Crippen molar-refractivity contribution in [2.45, 2.75) is 26.4 Å². The Labute approximate surface area is 169 Å². The van der Waals surface area contributed by atoms with Gasteiger partial charge in [0.05, 0.1) is 22.8 Å². The number of rotatable bonds is 6. The van der Waals surface area contributed by atoms with Crippen LogP contribution in [-0.2, 0) is 11.3 Å². The molecule has 29 heavy (non-hydrogen) atoms. The summed E-state index contributed by atoms with van der Waals surface area (Å²) in [5, 5.41) is 12.0. The van der Waals surface area contributed by atoms with Crippen molar-refractivity contribution < 1.29 is 9.23 Å². The number of oxime groups is 1. The summed E-state index contributed by atoms with van der Waals surface area (Å²) < 4.78 is 15.5. The zero-order valence-corrected chi connectivity index (χ0v) is 16.8. The van der Waals surface area contributed by atoms with Crippen LogP contribution in [0.5, 0.6) is 0 Å². The highest BCUT2D eigenvalue weighted by Crippen LogP contribution is 2.36. The topological polar surface area (TPSA) is 54.7 Å². The highest BCUT2D eigenvalue weighted by Gasteiger charge is 2.29. The molecule has 0 saturated heterocycles. The van der Waals surface area contributed by atoms with Gasteiger partial charge in [-0.1, -0.05) is 17.3 Å². The number of benzene rings is 2. The van der Waals surface area contributed by atoms with E-state index >= 15 is 0 Å². The third-order valence-corrected chi connectivity index (χ3v) is 5.17. The van der Waals surface area contributed by atoms with Gasteiger partial charge in [0, 0.05) is 30.4 Å². The molecule has 0 saturated carbocycles. The fourth-order valence-electron chi connectivity index (χ4n) is 3.82. The van der Waals surface area contributed by atoms with Crippen LogP contribution < -0.4 is 10.2 Å². The molecule has 0 spiro atoms. The monoisotopic (exact) mass is 393 g/mol. The maximum Gasteiger partial charge on any atom is 0.125 e. The van der Waals surface area contributed by atoms with Crippen molar-refractivity contribution in [2.75, 3.05) is 23.9 Å². The van der Waals surface area contributed by atoms with Gasteiger partial charge < -0.3 is 15.1 Å². The molecule has 1 N–H and O–H groups in total. The van der Waals surface area contributed by atoms with Crippen LogP contribution in [0, 0.1) is 5.82 Å². The molecule has 1 aliphatic heterocycles. The zero-order chi connectivity index (χ0) is 20.4. The number of aromatic nitrogens is 2. The van der Waals surface area contributed by atoms with Crippen molar-refractivity contribution in [3.8, 4) is 5.69 Å². The molecule has 1 aromatic heterocycles. The van der Waals surface area contributed by atoms with E-state index < -0.39 is 0 Å². The van der Waals surface area contributed by atoms with E-state index in [1.54, 1.807) is 24.1 Å². The summed E-state index contributed by atoms with van der Waals surface area (Å²) in [5.74, 6) is -0.272. The lowest BCUT2D eigenvalue weighted by molar-refractivity contribution is 0.213. The first-order valence-electron chi connectivity index (χ1n) is 9.65. The summed E-state index contributed by atoms with van der Waals surface area (Å²) in [5.41, 5.74) is 5.79. The van der Waals surface area contributed by atoms with Gasteiger partial charge in [-0.3, -0.25) is 0 Å². The lowest BCUT2D eigenvalue weighted by Crippen LogP contribution is -2.37. The molecule has 3 aromatic rings. The summed E-state index contributed by atoms with van der Waals surface area (Å²) in [7, 11) is 1.55. The minimum atomic E-state index is -0.272.